The first-order chi connectivity index (χ1) is 18.7. The highest BCUT2D eigenvalue weighted by molar-refractivity contribution is 5.67. The number of unbranched alkanes of at least 4 members (excludes halogenated alkanes) is 1. The molecule has 2 saturated heterocycles. The van der Waals surface area contributed by atoms with Crippen molar-refractivity contribution >= 4 is 0 Å². The van der Waals surface area contributed by atoms with Crippen molar-refractivity contribution in [3.05, 3.63) is 36.0 Å². The lowest BCUT2D eigenvalue weighted by atomic mass is 9.97. The van der Waals surface area contributed by atoms with E-state index in [-0.39, 0.29) is 6.29 Å². The molecule has 3 heterocycles. The average Bonchev–Trinajstić information content (AvgIpc) is 2.97. The minimum atomic E-state index is -0.128. The Morgan fingerprint density at radius 3 is 2.37 bits per heavy atom. The normalized spacial score (nSPS) is 20.8. The van der Waals surface area contributed by atoms with E-state index in [4.69, 9.17) is 19.0 Å². The minimum absolute atomic E-state index is 0.128. The molecule has 0 bridgehead atoms. The number of nitrogens with zero attached hydrogens (tertiary/aromatic N) is 3. The largest absolute Gasteiger partial charge is 0.490 e. The molecular formula is C31H46N3O4+. The molecule has 5 rings (SSSR count). The third kappa shape index (κ3) is 7.45. The number of hydroxylamine groups is 3. The molecule has 7 heteroatoms. The van der Waals surface area contributed by atoms with Gasteiger partial charge in [-0.3, -0.25) is 4.84 Å². The highest BCUT2D eigenvalue weighted by Crippen LogP contribution is 2.31. The van der Waals surface area contributed by atoms with Crippen LogP contribution >= 0.6 is 0 Å². The summed E-state index contributed by atoms with van der Waals surface area (Å²) in [7, 11) is 0. The molecule has 38 heavy (non-hydrogen) atoms. The molecule has 0 radical (unpaired) electrons. The maximum absolute atomic E-state index is 6.71. The molecule has 7 nitrogen and oxygen atoms in total. The van der Waals surface area contributed by atoms with Crippen LogP contribution in [0.2, 0.25) is 0 Å². The predicted octanol–water partition coefficient (Wildman–Crippen LogP) is 6.65. The standard InChI is InChI=1S/C31H46N3O4/c1-2-3-13-29-28(25-14-16-27(17-15-25)37-26-11-6-4-7-12-26)24-30(33-32-29)38-34(19-8-5-9-20-34)21-18-31-35-22-10-23-36-31/h14-17,24,26,31H,2-13,18-23H2,1H3/q+1. The quantitative estimate of drug-likeness (QED) is 0.307. The van der Waals surface area contributed by atoms with E-state index in [0.29, 0.717) is 16.6 Å². The van der Waals surface area contributed by atoms with Crippen LogP contribution in [0.4, 0.5) is 0 Å². The maximum atomic E-state index is 6.71. The molecule has 2 aromatic rings. The van der Waals surface area contributed by atoms with Gasteiger partial charge in [0.15, 0.2) is 6.29 Å². The van der Waals surface area contributed by atoms with Gasteiger partial charge in [0.2, 0.25) is 0 Å². The summed E-state index contributed by atoms with van der Waals surface area (Å²) in [5.74, 6) is 1.56. The molecule has 0 spiro atoms. The fraction of sp³-hybridized carbons (Fsp3) is 0.677. The number of likely N-dealkylation sites (tertiary alicyclic amines) is 1. The minimum Gasteiger partial charge on any atom is -0.490 e. The van der Waals surface area contributed by atoms with Crippen molar-refractivity contribution in [1.82, 2.24) is 10.2 Å². The molecule has 3 fully saturated rings. The third-order valence-corrected chi connectivity index (χ3v) is 8.22. The molecule has 0 atom stereocenters. The first-order valence-corrected chi connectivity index (χ1v) is 15.2. The lowest BCUT2D eigenvalue weighted by Crippen LogP contribution is -2.55. The number of quaternary nitrogens is 1. The van der Waals surface area contributed by atoms with E-state index in [1.54, 1.807) is 0 Å². The topological polar surface area (TPSA) is 62.7 Å². The number of ether oxygens (including phenoxy) is 3. The van der Waals surface area contributed by atoms with Gasteiger partial charge in [0, 0.05) is 24.5 Å². The second kappa shape index (κ2) is 13.7. The molecule has 1 aromatic carbocycles. The van der Waals surface area contributed by atoms with Gasteiger partial charge in [0.25, 0.3) is 5.88 Å². The second-order valence-corrected chi connectivity index (χ2v) is 11.2. The van der Waals surface area contributed by atoms with Crippen molar-refractivity contribution < 1.29 is 23.7 Å². The summed E-state index contributed by atoms with van der Waals surface area (Å²) in [6, 6.07) is 10.7. The van der Waals surface area contributed by atoms with Crippen molar-refractivity contribution in [3.8, 4) is 22.8 Å². The first kappa shape index (κ1) is 27.4. The Hall–Kier alpha value is -2.22. The summed E-state index contributed by atoms with van der Waals surface area (Å²) < 4.78 is 18.5. The molecule has 0 amide bonds. The van der Waals surface area contributed by atoms with Crippen molar-refractivity contribution in [3.63, 3.8) is 0 Å². The van der Waals surface area contributed by atoms with E-state index in [1.807, 2.05) is 0 Å². The van der Waals surface area contributed by atoms with Gasteiger partial charge in [0.1, 0.15) is 25.4 Å². The summed E-state index contributed by atoms with van der Waals surface area (Å²) in [6.45, 7) is 6.59. The van der Waals surface area contributed by atoms with Crippen LogP contribution in [-0.2, 0) is 15.9 Å². The van der Waals surface area contributed by atoms with Crippen LogP contribution in [-0.4, -0.2) is 60.1 Å². The number of piperidine rings is 1. The molecule has 1 aliphatic carbocycles. The fourth-order valence-corrected chi connectivity index (χ4v) is 6.00. The fourth-order valence-electron chi connectivity index (χ4n) is 6.00. The van der Waals surface area contributed by atoms with Crippen LogP contribution in [0.1, 0.15) is 89.7 Å². The van der Waals surface area contributed by atoms with Gasteiger partial charge in [-0.25, -0.2) is 0 Å². The Labute approximate surface area is 228 Å². The zero-order valence-corrected chi connectivity index (χ0v) is 23.2. The summed E-state index contributed by atoms with van der Waals surface area (Å²) in [6.07, 6.45) is 14.9. The Morgan fingerprint density at radius 2 is 1.63 bits per heavy atom. The lowest BCUT2D eigenvalue weighted by molar-refractivity contribution is -1.08. The Balaban J connectivity index is 1.33. The van der Waals surface area contributed by atoms with E-state index in [1.165, 1.54) is 25.7 Å². The molecule has 1 saturated carbocycles. The maximum Gasteiger partial charge on any atom is 0.300 e. The molecule has 0 unspecified atom stereocenters. The highest BCUT2D eigenvalue weighted by Gasteiger charge is 2.35. The Morgan fingerprint density at radius 1 is 0.895 bits per heavy atom. The van der Waals surface area contributed by atoms with Crippen LogP contribution in [0, 0.1) is 0 Å². The summed E-state index contributed by atoms with van der Waals surface area (Å²) >= 11 is 0. The third-order valence-electron chi connectivity index (χ3n) is 8.22. The van der Waals surface area contributed by atoms with Gasteiger partial charge < -0.3 is 14.2 Å². The van der Waals surface area contributed by atoms with Gasteiger partial charge in [-0.15, -0.1) is 9.75 Å². The number of benzene rings is 1. The molecule has 1 aromatic heterocycles. The summed E-state index contributed by atoms with van der Waals surface area (Å²) in [5.41, 5.74) is 3.29. The van der Waals surface area contributed by atoms with Crippen LogP contribution in [0.25, 0.3) is 11.1 Å². The zero-order valence-electron chi connectivity index (χ0n) is 23.2. The molecule has 208 valence electrons. The molecule has 0 N–H and O–H groups in total. The number of hydrogen-bond donors (Lipinski definition) is 0. The van der Waals surface area contributed by atoms with Crippen LogP contribution in [0.5, 0.6) is 11.6 Å². The van der Waals surface area contributed by atoms with Crippen LogP contribution in [0.3, 0.4) is 0 Å². The van der Waals surface area contributed by atoms with Crippen LogP contribution in [0.15, 0.2) is 30.3 Å². The SMILES string of the molecule is CCCCc1nnc(O[N+]2(CCC3OCCCO3)CCCCC2)cc1-c1ccc(OC2CCCCC2)cc1. The van der Waals surface area contributed by atoms with Crippen LogP contribution < -0.4 is 9.57 Å². The molecule has 3 aliphatic rings. The number of aromatic nitrogens is 2. The van der Waals surface area contributed by atoms with E-state index in [2.05, 4.69) is 47.5 Å². The number of rotatable bonds is 11. The summed E-state index contributed by atoms with van der Waals surface area (Å²) in [5, 5.41) is 9.26. The number of aryl methyl sites for hydroxylation is 1. The monoisotopic (exact) mass is 524 g/mol. The van der Waals surface area contributed by atoms with Crippen molar-refractivity contribution in [2.24, 2.45) is 0 Å². The van der Waals surface area contributed by atoms with Crippen molar-refractivity contribution in [1.29, 1.82) is 0 Å². The first-order valence-electron chi connectivity index (χ1n) is 15.2. The zero-order chi connectivity index (χ0) is 26.0. The van der Waals surface area contributed by atoms with Crippen molar-refractivity contribution in [2.45, 2.75) is 103 Å². The molecular weight excluding hydrogens is 478 g/mol. The van der Waals surface area contributed by atoms with Gasteiger partial charge >= 0.3 is 0 Å². The Kier molecular flexibility index (Phi) is 9.88. The van der Waals surface area contributed by atoms with E-state index < -0.39 is 0 Å². The van der Waals surface area contributed by atoms with E-state index in [0.717, 1.165) is 113 Å². The predicted molar refractivity (Wildman–Crippen MR) is 148 cm³/mol. The van der Waals surface area contributed by atoms with Gasteiger partial charge in [-0.1, -0.05) is 31.9 Å². The number of hydrogen-bond acceptors (Lipinski definition) is 6. The van der Waals surface area contributed by atoms with Gasteiger partial charge in [0.05, 0.1) is 31.4 Å². The highest BCUT2D eigenvalue weighted by atomic mass is 16.7. The average molecular weight is 525 g/mol. The van der Waals surface area contributed by atoms with E-state index >= 15 is 0 Å². The second-order valence-electron chi connectivity index (χ2n) is 11.2. The van der Waals surface area contributed by atoms with Gasteiger partial charge in [-0.05, 0) is 69.1 Å². The van der Waals surface area contributed by atoms with Crippen molar-refractivity contribution in [2.75, 3.05) is 32.8 Å². The smallest absolute Gasteiger partial charge is 0.300 e. The Bertz CT molecular complexity index is 981. The summed E-state index contributed by atoms with van der Waals surface area (Å²) in [4.78, 5) is 6.71. The van der Waals surface area contributed by atoms with Gasteiger partial charge in [-0.2, -0.15) is 5.10 Å². The molecule has 2 aliphatic heterocycles. The van der Waals surface area contributed by atoms with E-state index in [9.17, 15) is 0 Å². The lowest BCUT2D eigenvalue weighted by Gasteiger charge is -2.38.